The van der Waals surface area contributed by atoms with Crippen molar-refractivity contribution >= 4 is 64.0 Å². The quantitative estimate of drug-likeness (QED) is 0.0426. The lowest BCUT2D eigenvalue weighted by Gasteiger charge is -2.35. The molecule has 1 aliphatic rings. The van der Waals surface area contributed by atoms with Crippen LogP contribution < -0.4 is 26.6 Å². The van der Waals surface area contributed by atoms with Crippen molar-refractivity contribution in [2.75, 3.05) is 35.7 Å². The Bertz CT molecular complexity index is 2220. The summed E-state index contributed by atoms with van der Waals surface area (Å²) in [6, 6.07) is 18.8. The molecule has 1 saturated heterocycles. The first-order chi connectivity index (χ1) is 30.6. The predicted octanol–water partition coefficient (Wildman–Crippen LogP) is 6.96. The number of anilines is 3. The number of carbonyl (C=O) groups is 6. The number of nitrogens with one attached hydrogen (secondary N) is 5. The maximum atomic E-state index is 13.9. The van der Waals surface area contributed by atoms with Crippen LogP contribution in [0.2, 0.25) is 0 Å². The van der Waals surface area contributed by atoms with E-state index in [0.29, 0.717) is 30.0 Å². The third kappa shape index (κ3) is 14.7. The molecule has 7 N–H and O–H groups in total. The summed E-state index contributed by atoms with van der Waals surface area (Å²) in [6.45, 7) is 8.11. The molecule has 0 saturated carbocycles. The van der Waals surface area contributed by atoms with Crippen LogP contribution in [-0.4, -0.2) is 93.7 Å². The Morgan fingerprint density at radius 2 is 1.50 bits per heavy atom. The predicted molar refractivity (Wildman–Crippen MR) is 246 cm³/mol. The van der Waals surface area contributed by atoms with Crippen molar-refractivity contribution in [1.29, 1.82) is 0 Å². The van der Waals surface area contributed by atoms with Gasteiger partial charge >= 0.3 is 6.09 Å². The number of thiazole rings is 1. The number of hydrogen-bond acceptors (Lipinski definition) is 10. The largest absolute Gasteiger partial charge is 0.465 e. The number of ether oxygens (including phenoxy) is 1. The Morgan fingerprint density at radius 3 is 2.14 bits per heavy atom. The summed E-state index contributed by atoms with van der Waals surface area (Å²) >= 11 is 1.57. The molecule has 4 aromatic rings. The normalized spacial score (nSPS) is 15.2. The molecule has 0 radical (unpaired) electrons. The van der Waals surface area contributed by atoms with Crippen LogP contribution in [0, 0.1) is 12.3 Å². The number of hydrogen-bond donors (Lipinski definition) is 7. The first-order valence-electron chi connectivity index (χ1n) is 21.5. The number of carbonyl (C=O) groups excluding carboxylic acids is 5. The van der Waals surface area contributed by atoms with Gasteiger partial charge in [-0.15, -0.1) is 11.3 Å². The van der Waals surface area contributed by atoms with Gasteiger partial charge in [-0.1, -0.05) is 82.9 Å². The average Bonchev–Trinajstić information content (AvgIpc) is 3.87. The van der Waals surface area contributed by atoms with Gasteiger partial charge in [-0.2, -0.15) is 0 Å². The number of amides is 6. The maximum absolute atomic E-state index is 13.9. The number of para-hydroxylation sites is 2. The van der Waals surface area contributed by atoms with E-state index < -0.39 is 41.5 Å². The van der Waals surface area contributed by atoms with E-state index in [-0.39, 0.29) is 55.9 Å². The molecule has 1 aliphatic heterocycles. The number of aliphatic hydroxyl groups excluding tert-OH is 1. The fraction of sp³-hybridized carbons (Fsp3) is 0.426. The summed E-state index contributed by atoms with van der Waals surface area (Å²) in [5.41, 5.74) is 5.43. The van der Waals surface area contributed by atoms with Gasteiger partial charge in [0, 0.05) is 43.8 Å². The molecular weight excluding hydrogens is 839 g/mol. The number of aliphatic hydroxyl groups is 1. The molecule has 3 atom stereocenters. The first kappa shape index (κ1) is 48.9. The zero-order valence-electron chi connectivity index (χ0n) is 36.8. The van der Waals surface area contributed by atoms with Crippen LogP contribution in [0.1, 0.15) is 93.8 Å². The number of unbranched alkanes of at least 4 members (excludes halogenated alkanes) is 5. The topological polar surface area (TPSA) is 228 Å². The van der Waals surface area contributed by atoms with E-state index in [0.717, 1.165) is 53.8 Å². The Balaban J connectivity index is 0.943. The molecule has 0 bridgehead atoms. The molecule has 1 fully saturated rings. The maximum Gasteiger partial charge on any atom is 0.409 e. The van der Waals surface area contributed by atoms with Gasteiger partial charge < -0.3 is 41.1 Å². The second kappa shape index (κ2) is 23.5. The Hall–Kier alpha value is -6.17. The number of β-amino-alcohol motifs (C(OH)–C–C–N with tert-alkyl or cyclic N) is 1. The van der Waals surface area contributed by atoms with Crippen LogP contribution in [0.25, 0.3) is 10.4 Å². The molecule has 64 heavy (non-hydrogen) atoms. The summed E-state index contributed by atoms with van der Waals surface area (Å²) in [5, 5.41) is 33.1. The van der Waals surface area contributed by atoms with Crippen molar-refractivity contribution in [2.24, 2.45) is 5.41 Å². The molecule has 1 aromatic heterocycles. The van der Waals surface area contributed by atoms with Crippen molar-refractivity contribution in [1.82, 2.24) is 20.5 Å². The highest BCUT2D eigenvalue weighted by Crippen LogP contribution is 2.29. The minimum absolute atomic E-state index is 0.00826. The van der Waals surface area contributed by atoms with Gasteiger partial charge in [-0.3, -0.25) is 29.3 Å². The van der Waals surface area contributed by atoms with Gasteiger partial charge in [0.15, 0.2) is 0 Å². The van der Waals surface area contributed by atoms with Gasteiger partial charge in [0.05, 0.1) is 33.6 Å². The standard InChI is InChI=1S/C47H59N7O9S/c1-30-41(64-29-49-30)32-18-16-31(17-19-32)26-48-44(59)38-25-35(55)27-54(38)45(60)42(47(2,3)4)53-39(56)15-9-7-5-6-8-12-24-63-28-40(57)50-34-22-20-33(21-23-34)43(58)51-36-13-10-11-14-37(36)52-46(61)62/h10-11,13-14,16-23,29,35,38,42,52,55H,5-9,12,15,24-28H2,1-4H3,(H,48,59)(H,50,57)(H,51,58)(H,53,56)(H,61,62)/t35-,38+,42?/m1/s1. The Labute approximate surface area is 377 Å². The fourth-order valence-corrected chi connectivity index (χ4v) is 8.10. The van der Waals surface area contributed by atoms with Crippen LogP contribution in [0.5, 0.6) is 0 Å². The number of carboxylic acid groups (broad SMARTS) is 1. The van der Waals surface area contributed by atoms with E-state index in [4.69, 9.17) is 9.84 Å². The second-order valence-electron chi connectivity index (χ2n) is 16.9. The number of likely N-dealkylation sites (tertiary alicyclic amines) is 1. The zero-order chi connectivity index (χ0) is 46.2. The number of benzene rings is 3. The molecule has 1 unspecified atom stereocenters. The third-order valence-corrected chi connectivity index (χ3v) is 11.7. The smallest absolute Gasteiger partial charge is 0.409 e. The Kier molecular flexibility index (Phi) is 17.9. The molecule has 16 nitrogen and oxygen atoms in total. The molecular formula is C47H59N7O9S. The molecule has 2 heterocycles. The lowest BCUT2D eigenvalue weighted by atomic mass is 9.85. The molecule has 6 amide bonds. The minimum atomic E-state index is -1.25. The van der Waals surface area contributed by atoms with Crippen molar-refractivity contribution in [3.63, 3.8) is 0 Å². The van der Waals surface area contributed by atoms with E-state index in [2.05, 4.69) is 31.6 Å². The number of aromatic nitrogens is 1. The lowest BCUT2D eigenvalue weighted by Crippen LogP contribution is -2.57. The lowest BCUT2D eigenvalue weighted by molar-refractivity contribution is -0.144. The second-order valence-corrected chi connectivity index (χ2v) is 17.8. The highest BCUT2D eigenvalue weighted by Gasteiger charge is 2.44. The van der Waals surface area contributed by atoms with E-state index in [1.165, 1.54) is 11.0 Å². The molecule has 5 rings (SSSR count). The van der Waals surface area contributed by atoms with E-state index in [1.54, 1.807) is 53.8 Å². The van der Waals surface area contributed by atoms with Crippen LogP contribution in [-0.2, 0) is 30.5 Å². The van der Waals surface area contributed by atoms with E-state index in [9.17, 15) is 33.9 Å². The minimum Gasteiger partial charge on any atom is -0.465 e. The van der Waals surface area contributed by atoms with Gasteiger partial charge in [-0.25, -0.2) is 9.78 Å². The highest BCUT2D eigenvalue weighted by atomic mass is 32.1. The van der Waals surface area contributed by atoms with Gasteiger partial charge in [-0.05, 0) is 72.7 Å². The molecule has 0 aliphatic carbocycles. The molecule has 3 aromatic carbocycles. The van der Waals surface area contributed by atoms with E-state index in [1.807, 2.05) is 57.5 Å². The van der Waals surface area contributed by atoms with Gasteiger partial charge in [0.2, 0.25) is 23.6 Å². The summed E-state index contributed by atoms with van der Waals surface area (Å²) in [5.74, 6) is -1.77. The molecule has 342 valence electrons. The summed E-state index contributed by atoms with van der Waals surface area (Å²) < 4.78 is 5.54. The number of rotatable bonds is 21. The SMILES string of the molecule is Cc1ncsc1-c1ccc(CNC(=O)[C@@H]2C[C@@H](O)CN2C(=O)C(NC(=O)CCCCCCCCOCC(=O)Nc2ccc(C(=O)Nc3ccccc3NC(=O)O)cc2)C(C)(C)C)cc1. The molecule has 17 heteroatoms. The van der Waals surface area contributed by atoms with Crippen LogP contribution >= 0.6 is 11.3 Å². The van der Waals surface area contributed by atoms with Crippen molar-refractivity contribution in [3.8, 4) is 10.4 Å². The van der Waals surface area contributed by atoms with Gasteiger partial charge in [0.25, 0.3) is 5.91 Å². The average molecular weight is 898 g/mol. The summed E-state index contributed by atoms with van der Waals surface area (Å²) in [4.78, 5) is 83.4. The number of nitrogens with zero attached hydrogens (tertiary/aromatic N) is 2. The van der Waals surface area contributed by atoms with Gasteiger partial charge in [0.1, 0.15) is 18.7 Å². The molecule has 0 spiro atoms. The van der Waals surface area contributed by atoms with Crippen molar-refractivity contribution in [2.45, 2.75) is 104 Å². The van der Waals surface area contributed by atoms with Crippen LogP contribution in [0.15, 0.2) is 78.3 Å². The van der Waals surface area contributed by atoms with E-state index >= 15 is 0 Å². The van der Waals surface area contributed by atoms with Crippen LogP contribution in [0.3, 0.4) is 0 Å². The third-order valence-electron chi connectivity index (χ3n) is 10.7. The Morgan fingerprint density at radius 1 is 0.844 bits per heavy atom. The van der Waals surface area contributed by atoms with Crippen molar-refractivity contribution < 1.29 is 43.7 Å². The van der Waals surface area contributed by atoms with Crippen LogP contribution in [0.4, 0.5) is 21.9 Å². The van der Waals surface area contributed by atoms with Crippen molar-refractivity contribution in [3.05, 3.63) is 95.1 Å². The number of aryl methyl sites for hydroxylation is 1. The summed E-state index contributed by atoms with van der Waals surface area (Å²) in [7, 11) is 0. The summed E-state index contributed by atoms with van der Waals surface area (Å²) in [6.07, 6.45) is 3.24. The fourth-order valence-electron chi connectivity index (χ4n) is 7.29. The first-order valence-corrected chi connectivity index (χ1v) is 22.4. The zero-order valence-corrected chi connectivity index (χ0v) is 37.6. The highest BCUT2D eigenvalue weighted by molar-refractivity contribution is 7.13. The monoisotopic (exact) mass is 897 g/mol.